The lowest BCUT2D eigenvalue weighted by Gasteiger charge is -2.32. The Kier molecular flexibility index (Phi) is 3.55. The molecule has 0 unspecified atom stereocenters. The largest absolute Gasteiger partial charge is 0.398 e. The van der Waals surface area contributed by atoms with E-state index < -0.39 is 4.92 Å². The predicted octanol–water partition coefficient (Wildman–Crippen LogP) is 0.879. The van der Waals surface area contributed by atoms with E-state index in [0.29, 0.717) is 31.6 Å². The number of nitrogen functional groups attached to an aromatic ring is 1. The predicted molar refractivity (Wildman–Crippen MR) is 71.6 cm³/mol. The number of anilines is 2. The van der Waals surface area contributed by atoms with Crippen molar-refractivity contribution in [2.24, 2.45) is 11.7 Å². The molecule has 0 aromatic heterocycles. The molecule has 4 N–H and O–H groups in total. The first-order valence-electron chi connectivity index (χ1n) is 6.06. The van der Waals surface area contributed by atoms with Crippen molar-refractivity contribution >= 4 is 23.0 Å². The minimum absolute atomic E-state index is 0.0213. The van der Waals surface area contributed by atoms with E-state index in [2.05, 4.69) is 0 Å². The van der Waals surface area contributed by atoms with Gasteiger partial charge in [0.25, 0.3) is 5.69 Å². The van der Waals surface area contributed by atoms with Crippen LogP contribution in [-0.4, -0.2) is 23.9 Å². The van der Waals surface area contributed by atoms with Gasteiger partial charge in [-0.2, -0.15) is 0 Å². The van der Waals surface area contributed by atoms with Crippen LogP contribution in [0.25, 0.3) is 0 Å². The topological polar surface area (TPSA) is 115 Å². The molecule has 2 rings (SSSR count). The third-order valence-electron chi connectivity index (χ3n) is 3.40. The van der Waals surface area contributed by atoms with Gasteiger partial charge >= 0.3 is 0 Å². The number of rotatable bonds is 3. The summed E-state index contributed by atoms with van der Waals surface area (Å²) in [5, 5.41) is 10.8. The smallest absolute Gasteiger partial charge is 0.273 e. The number of benzene rings is 1. The number of nitro benzene ring substituents is 1. The fourth-order valence-corrected chi connectivity index (χ4v) is 2.33. The molecule has 1 heterocycles. The van der Waals surface area contributed by atoms with Crippen LogP contribution in [0.5, 0.6) is 0 Å². The number of piperidine rings is 1. The highest BCUT2D eigenvalue weighted by Gasteiger charge is 2.24. The van der Waals surface area contributed by atoms with Crippen LogP contribution in [0.1, 0.15) is 12.8 Å². The molecule has 0 saturated carbocycles. The molecule has 0 atom stereocenters. The molecular formula is C12H16N4O3. The van der Waals surface area contributed by atoms with Gasteiger partial charge in [-0.05, 0) is 18.9 Å². The number of primary amides is 1. The molecule has 7 heteroatoms. The van der Waals surface area contributed by atoms with Gasteiger partial charge in [0.05, 0.1) is 4.92 Å². The van der Waals surface area contributed by atoms with Gasteiger partial charge in [0.2, 0.25) is 5.91 Å². The summed E-state index contributed by atoms with van der Waals surface area (Å²) >= 11 is 0. The van der Waals surface area contributed by atoms with Gasteiger partial charge in [-0.3, -0.25) is 14.9 Å². The van der Waals surface area contributed by atoms with E-state index in [1.807, 2.05) is 4.90 Å². The summed E-state index contributed by atoms with van der Waals surface area (Å²) in [7, 11) is 0. The van der Waals surface area contributed by atoms with E-state index in [9.17, 15) is 14.9 Å². The van der Waals surface area contributed by atoms with Crippen LogP contribution in [0, 0.1) is 16.0 Å². The first kappa shape index (κ1) is 13.1. The lowest BCUT2D eigenvalue weighted by molar-refractivity contribution is -0.384. The van der Waals surface area contributed by atoms with Crippen molar-refractivity contribution in [1.82, 2.24) is 0 Å². The second-order valence-electron chi connectivity index (χ2n) is 4.70. The number of non-ortho nitro benzene ring substituents is 1. The number of carbonyl (C=O) groups is 1. The lowest BCUT2D eigenvalue weighted by atomic mass is 9.96. The third kappa shape index (κ3) is 2.93. The maximum atomic E-state index is 11.1. The third-order valence-corrected chi connectivity index (χ3v) is 3.40. The minimum atomic E-state index is -0.462. The van der Waals surface area contributed by atoms with E-state index in [1.54, 1.807) is 6.07 Å². The van der Waals surface area contributed by atoms with Gasteiger partial charge in [0, 0.05) is 42.5 Å². The van der Waals surface area contributed by atoms with Crippen molar-refractivity contribution in [3.8, 4) is 0 Å². The van der Waals surface area contributed by atoms with E-state index in [4.69, 9.17) is 11.5 Å². The van der Waals surface area contributed by atoms with Crippen LogP contribution < -0.4 is 16.4 Å². The molecule has 1 amide bonds. The Morgan fingerprint density at radius 1 is 1.32 bits per heavy atom. The van der Waals surface area contributed by atoms with Crippen molar-refractivity contribution in [3.63, 3.8) is 0 Å². The van der Waals surface area contributed by atoms with Crippen molar-refractivity contribution in [2.75, 3.05) is 23.7 Å². The van der Waals surface area contributed by atoms with E-state index in [1.165, 1.54) is 12.1 Å². The summed E-state index contributed by atoms with van der Waals surface area (Å²) in [6.07, 6.45) is 1.33. The van der Waals surface area contributed by atoms with Gasteiger partial charge in [0.15, 0.2) is 0 Å². The summed E-state index contributed by atoms with van der Waals surface area (Å²) in [4.78, 5) is 23.4. The van der Waals surface area contributed by atoms with E-state index >= 15 is 0 Å². The average molecular weight is 264 g/mol. The van der Waals surface area contributed by atoms with Gasteiger partial charge in [-0.1, -0.05) is 0 Å². The lowest BCUT2D eigenvalue weighted by Crippen LogP contribution is -2.38. The molecule has 1 aromatic carbocycles. The fourth-order valence-electron chi connectivity index (χ4n) is 2.33. The molecule has 1 saturated heterocycles. The van der Waals surface area contributed by atoms with Crippen LogP contribution in [0.15, 0.2) is 18.2 Å². The molecule has 19 heavy (non-hydrogen) atoms. The summed E-state index contributed by atoms with van der Waals surface area (Å²) in [6, 6.07) is 4.54. The number of nitrogens with zero attached hydrogens (tertiary/aromatic N) is 2. The maximum absolute atomic E-state index is 11.1. The number of hydrogen-bond donors (Lipinski definition) is 2. The number of nitrogens with two attached hydrogens (primary N) is 2. The Labute approximate surface area is 110 Å². The molecule has 0 spiro atoms. The summed E-state index contributed by atoms with van der Waals surface area (Å²) in [5.41, 5.74) is 12.0. The zero-order chi connectivity index (χ0) is 14.0. The van der Waals surface area contributed by atoms with Crippen LogP contribution in [0.2, 0.25) is 0 Å². The zero-order valence-electron chi connectivity index (χ0n) is 10.4. The van der Waals surface area contributed by atoms with Gasteiger partial charge in [-0.25, -0.2) is 0 Å². The SMILES string of the molecule is NC(=O)C1CCN(c2cc(N)cc([N+](=O)[O-])c2)CC1. The van der Waals surface area contributed by atoms with Gasteiger partial charge in [-0.15, -0.1) is 0 Å². The molecule has 1 aliphatic rings. The number of nitro groups is 1. The van der Waals surface area contributed by atoms with Crippen LogP contribution in [0.3, 0.4) is 0 Å². The zero-order valence-corrected chi connectivity index (χ0v) is 10.4. The Morgan fingerprint density at radius 3 is 2.47 bits per heavy atom. The van der Waals surface area contributed by atoms with E-state index in [-0.39, 0.29) is 17.5 Å². The van der Waals surface area contributed by atoms with Gasteiger partial charge in [0.1, 0.15) is 0 Å². The molecule has 1 aromatic rings. The summed E-state index contributed by atoms with van der Waals surface area (Å²) < 4.78 is 0. The molecule has 0 bridgehead atoms. The number of amides is 1. The molecule has 0 radical (unpaired) electrons. The van der Waals surface area contributed by atoms with Crippen molar-refractivity contribution < 1.29 is 9.72 Å². The molecule has 7 nitrogen and oxygen atoms in total. The maximum Gasteiger partial charge on any atom is 0.273 e. The normalized spacial score (nSPS) is 16.3. The minimum Gasteiger partial charge on any atom is -0.398 e. The summed E-state index contributed by atoms with van der Waals surface area (Å²) in [5.74, 6) is -0.384. The number of hydrogen-bond acceptors (Lipinski definition) is 5. The Morgan fingerprint density at radius 2 is 1.95 bits per heavy atom. The monoisotopic (exact) mass is 264 g/mol. The second-order valence-corrected chi connectivity index (χ2v) is 4.70. The van der Waals surface area contributed by atoms with Crippen molar-refractivity contribution in [3.05, 3.63) is 28.3 Å². The first-order chi connectivity index (χ1) is 8.97. The highest BCUT2D eigenvalue weighted by atomic mass is 16.6. The van der Waals surface area contributed by atoms with Crippen molar-refractivity contribution in [2.45, 2.75) is 12.8 Å². The molecule has 1 fully saturated rings. The Bertz CT molecular complexity index is 510. The highest BCUT2D eigenvalue weighted by molar-refractivity contribution is 5.77. The second kappa shape index (κ2) is 5.13. The molecular weight excluding hydrogens is 248 g/mol. The van der Waals surface area contributed by atoms with Crippen LogP contribution >= 0.6 is 0 Å². The first-order valence-corrected chi connectivity index (χ1v) is 6.06. The van der Waals surface area contributed by atoms with E-state index in [0.717, 1.165) is 5.69 Å². The quantitative estimate of drug-likeness (QED) is 0.477. The Balaban J connectivity index is 2.15. The van der Waals surface area contributed by atoms with Crippen molar-refractivity contribution in [1.29, 1.82) is 0 Å². The fraction of sp³-hybridized carbons (Fsp3) is 0.417. The summed E-state index contributed by atoms with van der Waals surface area (Å²) in [6.45, 7) is 1.29. The highest BCUT2D eigenvalue weighted by Crippen LogP contribution is 2.28. The van der Waals surface area contributed by atoms with Gasteiger partial charge < -0.3 is 16.4 Å². The number of carbonyl (C=O) groups excluding carboxylic acids is 1. The van der Waals surface area contributed by atoms with Crippen LogP contribution in [0.4, 0.5) is 17.1 Å². The Hall–Kier alpha value is -2.31. The molecule has 0 aliphatic carbocycles. The average Bonchev–Trinajstić information content (AvgIpc) is 2.38. The van der Waals surface area contributed by atoms with Crippen LogP contribution in [-0.2, 0) is 4.79 Å². The molecule has 1 aliphatic heterocycles. The molecule has 102 valence electrons. The standard InChI is InChI=1S/C12H16N4O3/c13-9-5-10(7-11(6-9)16(18)19)15-3-1-8(2-4-15)12(14)17/h5-8H,1-4,13H2,(H2,14,17).